The highest BCUT2D eigenvalue weighted by Crippen LogP contribution is 2.50. The molecule has 0 aliphatic carbocycles. The van der Waals surface area contributed by atoms with Gasteiger partial charge in [-0.15, -0.1) is 0 Å². The Morgan fingerprint density at radius 1 is 1.14 bits per heavy atom. The molecule has 10 heteroatoms. The Morgan fingerprint density at radius 3 is 2.37 bits per heavy atom. The van der Waals surface area contributed by atoms with E-state index >= 15 is 0 Å². The van der Waals surface area contributed by atoms with Crippen molar-refractivity contribution >= 4 is 23.4 Å². The van der Waals surface area contributed by atoms with Gasteiger partial charge in [-0.2, -0.15) is 13.2 Å². The summed E-state index contributed by atoms with van der Waals surface area (Å²) < 4.78 is 61.7. The van der Waals surface area contributed by atoms with Gasteiger partial charge in [0.1, 0.15) is 5.82 Å². The van der Waals surface area contributed by atoms with E-state index in [4.69, 9.17) is 16.3 Å². The standard InChI is InChI=1S/C25H25ClF4N2O3/c1-35-24(25(28,29)30,17-3-2-4-18(26)13-17)22(34)32-11-9-23(10-12-32)14-21(33)31-15-20(23)16-5-7-19(27)8-6-16/h2-8,13,20H,9-12,14-15H2,1H3,(H,31,33). The van der Waals surface area contributed by atoms with Crippen LogP contribution in [0.2, 0.25) is 5.02 Å². The lowest BCUT2D eigenvalue weighted by Crippen LogP contribution is -2.60. The molecular weight excluding hydrogens is 488 g/mol. The van der Waals surface area contributed by atoms with Crippen LogP contribution in [0.3, 0.4) is 0 Å². The number of hydrogen-bond donors (Lipinski definition) is 1. The first-order valence-electron chi connectivity index (χ1n) is 11.2. The molecule has 2 amide bonds. The van der Waals surface area contributed by atoms with Crippen molar-refractivity contribution in [2.45, 2.75) is 37.0 Å². The van der Waals surface area contributed by atoms with Crippen LogP contribution in [-0.2, 0) is 19.9 Å². The van der Waals surface area contributed by atoms with Gasteiger partial charge in [-0.1, -0.05) is 35.9 Å². The average molecular weight is 513 g/mol. The minimum absolute atomic E-state index is 0.0194. The van der Waals surface area contributed by atoms with Gasteiger partial charge >= 0.3 is 6.18 Å². The molecule has 2 aromatic carbocycles. The van der Waals surface area contributed by atoms with E-state index in [1.54, 1.807) is 12.1 Å². The Bertz CT molecular complexity index is 1100. The number of amides is 2. The number of piperidine rings is 2. The van der Waals surface area contributed by atoms with E-state index in [1.807, 2.05) is 0 Å². The number of alkyl halides is 3. The van der Waals surface area contributed by atoms with Crippen molar-refractivity contribution in [3.63, 3.8) is 0 Å². The zero-order valence-electron chi connectivity index (χ0n) is 19.0. The Morgan fingerprint density at radius 2 is 1.80 bits per heavy atom. The number of likely N-dealkylation sites (tertiary alicyclic amines) is 1. The monoisotopic (exact) mass is 512 g/mol. The molecule has 5 nitrogen and oxygen atoms in total. The molecule has 2 aliphatic rings. The Kier molecular flexibility index (Phi) is 6.85. The number of methoxy groups -OCH3 is 1. The van der Waals surface area contributed by atoms with Crippen molar-refractivity contribution in [2.24, 2.45) is 5.41 Å². The quantitative estimate of drug-likeness (QED) is 0.599. The molecular formula is C25H25ClF4N2O3. The molecule has 2 fully saturated rings. The summed E-state index contributed by atoms with van der Waals surface area (Å²) in [6.45, 7) is 0.378. The van der Waals surface area contributed by atoms with Gasteiger partial charge in [-0.3, -0.25) is 9.59 Å². The minimum Gasteiger partial charge on any atom is -0.356 e. The molecule has 0 saturated carbocycles. The number of ether oxygens (including phenoxy) is 1. The highest BCUT2D eigenvalue weighted by atomic mass is 35.5. The van der Waals surface area contributed by atoms with Crippen molar-refractivity contribution in [1.82, 2.24) is 10.2 Å². The average Bonchev–Trinajstić information content (AvgIpc) is 2.80. The first-order chi connectivity index (χ1) is 16.5. The third kappa shape index (κ3) is 4.51. The lowest BCUT2D eigenvalue weighted by molar-refractivity contribution is -0.271. The largest absolute Gasteiger partial charge is 0.430 e. The molecule has 2 unspecified atom stereocenters. The fourth-order valence-corrected chi connectivity index (χ4v) is 5.63. The summed E-state index contributed by atoms with van der Waals surface area (Å²) in [5, 5.41) is 2.89. The third-order valence-electron chi connectivity index (χ3n) is 7.31. The summed E-state index contributed by atoms with van der Waals surface area (Å²) in [6.07, 6.45) is -4.22. The topological polar surface area (TPSA) is 58.6 Å². The van der Waals surface area contributed by atoms with Crippen LogP contribution in [0, 0.1) is 11.2 Å². The molecule has 188 valence electrons. The number of carbonyl (C=O) groups is 2. The van der Waals surface area contributed by atoms with Crippen LogP contribution in [0.4, 0.5) is 17.6 Å². The summed E-state index contributed by atoms with van der Waals surface area (Å²) in [5.74, 6) is -1.90. The van der Waals surface area contributed by atoms with E-state index in [9.17, 15) is 27.2 Å². The van der Waals surface area contributed by atoms with Crippen LogP contribution in [0.15, 0.2) is 48.5 Å². The second-order valence-electron chi connectivity index (χ2n) is 9.13. The summed E-state index contributed by atoms with van der Waals surface area (Å²) >= 11 is 5.93. The molecule has 2 aliphatic heterocycles. The molecule has 1 N–H and O–H groups in total. The summed E-state index contributed by atoms with van der Waals surface area (Å²) in [6, 6.07) is 11.0. The number of benzene rings is 2. The fourth-order valence-electron chi connectivity index (χ4n) is 5.44. The molecule has 35 heavy (non-hydrogen) atoms. The molecule has 2 saturated heterocycles. The summed E-state index contributed by atoms with van der Waals surface area (Å²) in [5.41, 5.74) is -3.32. The number of hydrogen-bond acceptors (Lipinski definition) is 3. The maximum atomic E-state index is 14.4. The van der Waals surface area contributed by atoms with Gasteiger partial charge in [0.05, 0.1) is 0 Å². The van der Waals surface area contributed by atoms with Crippen molar-refractivity contribution < 1.29 is 31.9 Å². The number of rotatable bonds is 4. The highest BCUT2D eigenvalue weighted by Gasteiger charge is 2.64. The van der Waals surface area contributed by atoms with E-state index in [0.717, 1.165) is 23.6 Å². The first-order valence-corrected chi connectivity index (χ1v) is 11.6. The van der Waals surface area contributed by atoms with Crippen molar-refractivity contribution in [2.75, 3.05) is 26.7 Å². The number of nitrogens with zero attached hydrogens (tertiary/aromatic N) is 1. The minimum atomic E-state index is -5.04. The molecule has 0 aromatic heterocycles. The van der Waals surface area contributed by atoms with Crippen molar-refractivity contribution in [3.05, 3.63) is 70.5 Å². The first kappa shape index (κ1) is 25.4. The smallest absolute Gasteiger partial charge is 0.356 e. The highest BCUT2D eigenvalue weighted by molar-refractivity contribution is 6.30. The van der Waals surface area contributed by atoms with E-state index < -0.39 is 28.7 Å². The maximum absolute atomic E-state index is 14.4. The zero-order chi connectivity index (χ0) is 25.4. The Hall–Kier alpha value is -2.65. The Labute approximate surface area is 205 Å². The van der Waals surface area contributed by atoms with E-state index in [1.165, 1.54) is 30.3 Å². The van der Waals surface area contributed by atoms with Crippen LogP contribution >= 0.6 is 11.6 Å². The lowest BCUT2D eigenvalue weighted by Gasteiger charge is -2.50. The van der Waals surface area contributed by atoms with Gasteiger partial charge in [0, 0.05) is 49.7 Å². The summed E-state index contributed by atoms with van der Waals surface area (Å²) in [4.78, 5) is 26.9. The molecule has 2 atom stereocenters. The van der Waals surface area contributed by atoms with Gasteiger partial charge in [0.2, 0.25) is 5.91 Å². The molecule has 2 aromatic rings. The van der Waals surface area contributed by atoms with Crippen LogP contribution in [0.5, 0.6) is 0 Å². The van der Waals surface area contributed by atoms with Gasteiger partial charge in [-0.25, -0.2) is 4.39 Å². The molecule has 0 radical (unpaired) electrons. The molecule has 4 rings (SSSR count). The molecule has 2 heterocycles. The van der Waals surface area contributed by atoms with E-state index in [-0.39, 0.29) is 42.2 Å². The van der Waals surface area contributed by atoms with Crippen LogP contribution in [0.1, 0.15) is 36.3 Å². The zero-order valence-corrected chi connectivity index (χ0v) is 19.8. The van der Waals surface area contributed by atoms with Crippen LogP contribution < -0.4 is 5.32 Å². The molecule has 0 bridgehead atoms. The lowest BCUT2D eigenvalue weighted by atomic mass is 9.62. The normalized spacial score (nSPS) is 21.9. The predicted octanol–water partition coefficient (Wildman–Crippen LogP) is 4.80. The number of halogens is 5. The predicted molar refractivity (Wildman–Crippen MR) is 121 cm³/mol. The SMILES string of the molecule is COC(C(=O)N1CCC2(CC1)CC(=O)NCC2c1ccc(F)cc1)(c1cccc(Cl)c1)C(F)(F)F. The van der Waals surface area contributed by atoms with Crippen molar-refractivity contribution in [3.8, 4) is 0 Å². The number of nitrogens with one attached hydrogen (secondary N) is 1. The van der Waals surface area contributed by atoms with Crippen LogP contribution in [-0.4, -0.2) is 49.6 Å². The molecule has 1 spiro atoms. The Balaban J connectivity index is 1.63. The van der Waals surface area contributed by atoms with E-state index in [2.05, 4.69) is 5.32 Å². The van der Waals surface area contributed by atoms with Crippen molar-refractivity contribution in [1.29, 1.82) is 0 Å². The van der Waals surface area contributed by atoms with Gasteiger partial charge < -0.3 is 15.0 Å². The van der Waals surface area contributed by atoms with E-state index in [0.29, 0.717) is 19.4 Å². The van der Waals surface area contributed by atoms with Gasteiger partial charge in [-0.05, 0) is 48.1 Å². The number of carbonyl (C=O) groups excluding carboxylic acids is 2. The maximum Gasteiger partial charge on any atom is 0.430 e. The second-order valence-corrected chi connectivity index (χ2v) is 9.57. The van der Waals surface area contributed by atoms with Gasteiger partial charge in [0.15, 0.2) is 0 Å². The third-order valence-corrected chi connectivity index (χ3v) is 7.55. The summed E-state index contributed by atoms with van der Waals surface area (Å²) in [7, 11) is 0.855. The van der Waals surface area contributed by atoms with Crippen LogP contribution in [0.25, 0.3) is 0 Å². The second kappa shape index (κ2) is 9.43. The van der Waals surface area contributed by atoms with Gasteiger partial charge in [0.25, 0.3) is 11.5 Å². The fraction of sp³-hybridized carbons (Fsp3) is 0.440.